The topological polar surface area (TPSA) is 81.4 Å². The van der Waals surface area contributed by atoms with Gasteiger partial charge in [0.05, 0.1) is 10.9 Å². The molecule has 0 saturated carbocycles. The Morgan fingerprint density at radius 2 is 1.92 bits per heavy atom. The van der Waals surface area contributed by atoms with Crippen LogP contribution in [-0.4, -0.2) is 22.9 Å². The number of carbonyl (C=O) groups is 1. The van der Waals surface area contributed by atoms with Crippen LogP contribution in [-0.2, 0) is 4.74 Å². The summed E-state index contributed by atoms with van der Waals surface area (Å²) in [7, 11) is 0. The standard InChI is InChI=1S/C16H17F3N2O4/c1-8-6-5-7-9-10(8)13(22)24-12(20-9)11(16(17,18)19)21-14(23)25-15(2,3)4/h5-7,11H,1-4H3,(H,21,23). The van der Waals surface area contributed by atoms with Crippen LogP contribution >= 0.6 is 0 Å². The molecular formula is C16H17F3N2O4. The number of nitrogens with one attached hydrogen (secondary N) is 1. The van der Waals surface area contributed by atoms with Crippen molar-refractivity contribution in [3.63, 3.8) is 0 Å². The molecule has 1 aromatic heterocycles. The molecule has 0 aliphatic rings. The third-order valence-corrected chi connectivity index (χ3v) is 3.12. The highest BCUT2D eigenvalue weighted by Gasteiger charge is 2.46. The summed E-state index contributed by atoms with van der Waals surface area (Å²) in [4.78, 5) is 27.5. The zero-order chi connectivity index (χ0) is 19.0. The molecule has 6 nitrogen and oxygen atoms in total. The second-order valence-electron chi connectivity index (χ2n) is 6.43. The summed E-state index contributed by atoms with van der Waals surface area (Å²) in [5, 5.41) is 1.74. The number of halogens is 3. The highest BCUT2D eigenvalue weighted by molar-refractivity contribution is 5.80. The lowest BCUT2D eigenvalue weighted by Gasteiger charge is -2.24. The van der Waals surface area contributed by atoms with Crippen molar-refractivity contribution >= 4 is 17.0 Å². The minimum atomic E-state index is -4.93. The minimum absolute atomic E-state index is 0.0477. The number of alkyl halides is 3. The number of carbonyl (C=O) groups excluding carboxylic acids is 1. The fourth-order valence-electron chi connectivity index (χ4n) is 2.13. The average molecular weight is 358 g/mol. The van der Waals surface area contributed by atoms with Gasteiger partial charge in [-0.05, 0) is 39.3 Å². The monoisotopic (exact) mass is 358 g/mol. The van der Waals surface area contributed by atoms with E-state index in [4.69, 9.17) is 9.15 Å². The van der Waals surface area contributed by atoms with Crippen LogP contribution < -0.4 is 10.9 Å². The van der Waals surface area contributed by atoms with Crippen LogP contribution in [0.25, 0.3) is 10.9 Å². The largest absolute Gasteiger partial charge is 0.444 e. The molecule has 2 rings (SSSR count). The first kappa shape index (κ1) is 18.8. The lowest BCUT2D eigenvalue weighted by Crippen LogP contribution is -2.41. The Morgan fingerprint density at radius 1 is 1.28 bits per heavy atom. The van der Waals surface area contributed by atoms with Gasteiger partial charge in [-0.15, -0.1) is 0 Å². The Bertz CT molecular complexity index is 853. The van der Waals surface area contributed by atoms with Gasteiger partial charge in [0, 0.05) is 0 Å². The average Bonchev–Trinajstić information content (AvgIpc) is 2.41. The first-order chi connectivity index (χ1) is 11.4. The van der Waals surface area contributed by atoms with Crippen LogP contribution in [0.15, 0.2) is 27.4 Å². The number of benzene rings is 1. The van der Waals surface area contributed by atoms with Gasteiger partial charge in [0.2, 0.25) is 11.9 Å². The van der Waals surface area contributed by atoms with Crippen molar-refractivity contribution in [3.05, 3.63) is 40.1 Å². The van der Waals surface area contributed by atoms with Crippen LogP contribution in [0.4, 0.5) is 18.0 Å². The van der Waals surface area contributed by atoms with E-state index < -0.39 is 35.4 Å². The number of alkyl carbamates (subject to hydrolysis) is 1. The molecule has 9 heteroatoms. The van der Waals surface area contributed by atoms with Gasteiger partial charge in [0.15, 0.2) is 0 Å². The van der Waals surface area contributed by atoms with Gasteiger partial charge >= 0.3 is 17.9 Å². The summed E-state index contributed by atoms with van der Waals surface area (Å²) in [6.07, 6.45) is -6.24. The van der Waals surface area contributed by atoms with Gasteiger partial charge in [0.25, 0.3) is 0 Å². The van der Waals surface area contributed by atoms with Crippen molar-refractivity contribution < 1.29 is 27.1 Å². The summed E-state index contributed by atoms with van der Waals surface area (Å²) in [6, 6.07) is 1.95. The number of hydrogen-bond acceptors (Lipinski definition) is 5. The molecule has 1 heterocycles. The number of amides is 1. The number of nitrogens with zero attached hydrogens (tertiary/aromatic N) is 1. The molecule has 25 heavy (non-hydrogen) atoms. The first-order valence-electron chi connectivity index (χ1n) is 7.35. The van der Waals surface area contributed by atoms with E-state index in [1.54, 1.807) is 24.4 Å². The number of aromatic nitrogens is 1. The molecule has 2 aromatic rings. The Hall–Kier alpha value is -2.58. The lowest BCUT2D eigenvalue weighted by molar-refractivity contribution is -0.162. The first-order valence-corrected chi connectivity index (χ1v) is 7.35. The highest BCUT2D eigenvalue weighted by atomic mass is 19.4. The zero-order valence-electron chi connectivity index (χ0n) is 14.0. The maximum absolute atomic E-state index is 13.3. The van der Waals surface area contributed by atoms with Crippen LogP contribution in [0.1, 0.15) is 38.3 Å². The summed E-state index contributed by atoms with van der Waals surface area (Å²) in [5.41, 5.74) is -1.38. The van der Waals surface area contributed by atoms with E-state index in [1.807, 2.05) is 0 Å². The quantitative estimate of drug-likeness (QED) is 0.887. The highest BCUT2D eigenvalue weighted by Crippen LogP contribution is 2.32. The smallest absolute Gasteiger partial charge is 0.417 e. The van der Waals surface area contributed by atoms with Gasteiger partial charge in [0.1, 0.15) is 5.60 Å². The van der Waals surface area contributed by atoms with Crippen molar-refractivity contribution in [1.29, 1.82) is 0 Å². The van der Waals surface area contributed by atoms with Crippen LogP contribution in [0.2, 0.25) is 0 Å². The van der Waals surface area contributed by atoms with Gasteiger partial charge in [-0.2, -0.15) is 13.2 Å². The molecule has 136 valence electrons. The van der Waals surface area contributed by atoms with E-state index in [1.165, 1.54) is 26.8 Å². The minimum Gasteiger partial charge on any atom is -0.444 e. The Balaban J connectivity index is 2.47. The molecule has 0 spiro atoms. The number of aryl methyl sites for hydroxylation is 1. The van der Waals surface area contributed by atoms with Gasteiger partial charge < -0.3 is 14.5 Å². The summed E-state index contributed by atoms with van der Waals surface area (Å²) in [5.74, 6) is -0.957. The van der Waals surface area contributed by atoms with Crippen LogP contribution in [0.5, 0.6) is 0 Å². The molecule has 1 N–H and O–H groups in total. The van der Waals surface area contributed by atoms with E-state index in [9.17, 15) is 22.8 Å². The van der Waals surface area contributed by atoms with Crippen molar-refractivity contribution in [2.45, 2.75) is 45.5 Å². The van der Waals surface area contributed by atoms with E-state index in [0.717, 1.165) is 0 Å². The SMILES string of the molecule is Cc1cccc2nc(C(NC(=O)OC(C)(C)C)C(F)(F)F)oc(=O)c12. The van der Waals surface area contributed by atoms with Crippen LogP contribution in [0.3, 0.4) is 0 Å². The van der Waals surface area contributed by atoms with E-state index in [0.29, 0.717) is 5.56 Å². The molecule has 1 amide bonds. The zero-order valence-corrected chi connectivity index (χ0v) is 14.0. The number of fused-ring (bicyclic) bond motifs is 1. The van der Waals surface area contributed by atoms with E-state index in [2.05, 4.69) is 4.98 Å². The second-order valence-corrected chi connectivity index (χ2v) is 6.43. The van der Waals surface area contributed by atoms with Crippen LogP contribution in [0, 0.1) is 6.92 Å². The number of ether oxygens (including phenoxy) is 1. The summed E-state index contributed by atoms with van der Waals surface area (Å²) >= 11 is 0. The lowest BCUT2D eigenvalue weighted by atomic mass is 10.1. The Morgan fingerprint density at radius 3 is 2.48 bits per heavy atom. The van der Waals surface area contributed by atoms with Crippen molar-refractivity contribution in [1.82, 2.24) is 10.3 Å². The molecule has 1 aromatic carbocycles. The number of rotatable bonds is 2. The van der Waals surface area contributed by atoms with Crippen molar-refractivity contribution in [2.75, 3.05) is 0 Å². The fourth-order valence-corrected chi connectivity index (χ4v) is 2.13. The third-order valence-electron chi connectivity index (χ3n) is 3.12. The molecule has 0 aliphatic heterocycles. The maximum Gasteiger partial charge on any atom is 0.417 e. The maximum atomic E-state index is 13.3. The fraction of sp³-hybridized carbons (Fsp3) is 0.438. The third kappa shape index (κ3) is 4.49. The Labute approximate surface area is 141 Å². The number of hydrogen-bond donors (Lipinski definition) is 1. The molecule has 0 radical (unpaired) electrons. The second kappa shape index (κ2) is 6.38. The van der Waals surface area contributed by atoms with E-state index in [-0.39, 0.29) is 10.9 Å². The Kier molecular flexibility index (Phi) is 4.79. The molecule has 0 fully saturated rings. The van der Waals surface area contributed by atoms with Crippen molar-refractivity contribution in [2.24, 2.45) is 0 Å². The molecule has 0 bridgehead atoms. The molecule has 0 saturated heterocycles. The van der Waals surface area contributed by atoms with Gasteiger partial charge in [-0.1, -0.05) is 12.1 Å². The molecule has 1 unspecified atom stereocenters. The van der Waals surface area contributed by atoms with Crippen molar-refractivity contribution in [3.8, 4) is 0 Å². The molecular weight excluding hydrogens is 341 g/mol. The molecule has 1 atom stereocenters. The van der Waals surface area contributed by atoms with Gasteiger partial charge in [-0.25, -0.2) is 14.6 Å². The van der Waals surface area contributed by atoms with E-state index >= 15 is 0 Å². The summed E-state index contributed by atoms with van der Waals surface area (Å²) < 4.78 is 49.6. The predicted octanol–water partition coefficient (Wildman–Crippen LogP) is 3.62. The summed E-state index contributed by atoms with van der Waals surface area (Å²) in [6.45, 7) is 6.13. The van der Waals surface area contributed by atoms with Gasteiger partial charge in [-0.3, -0.25) is 0 Å². The predicted molar refractivity (Wildman–Crippen MR) is 83.2 cm³/mol. The molecule has 0 aliphatic carbocycles. The normalized spacial score (nSPS) is 13.6.